The van der Waals surface area contributed by atoms with Gasteiger partial charge in [0.05, 0.1) is 12.7 Å². The van der Waals surface area contributed by atoms with Crippen LogP contribution in [0.4, 0.5) is 0 Å². The van der Waals surface area contributed by atoms with E-state index in [-0.39, 0.29) is 0 Å². The van der Waals surface area contributed by atoms with E-state index >= 15 is 0 Å². The molecule has 0 bridgehead atoms. The van der Waals surface area contributed by atoms with E-state index in [9.17, 15) is 0 Å². The van der Waals surface area contributed by atoms with Crippen LogP contribution in [0.25, 0.3) is 28.6 Å². The molecule has 0 radical (unpaired) electrons. The fourth-order valence-electron chi connectivity index (χ4n) is 2.30. The van der Waals surface area contributed by atoms with Crippen LogP contribution in [0.5, 0.6) is 5.75 Å². The zero-order valence-electron chi connectivity index (χ0n) is 11.8. The Hall–Kier alpha value is -3.15. The second kappa shape index (κ2) is 5.00. The van der Waals surface area contributed by atoms with Crippen LogP contribution in [0.15, 0.2) is 59.4 Å². The largest absolute Gasteiger partial charge is 0.496 e. The van der Waals surface area contributed by atoms with Gasteiger partial charge in [-0.1, -0.05) is 23.4 Å². The summed E-state index contributed by atoms with van der Waals surface area (Å²) in [5, 5.41) is 4.03. The summed E-state index contributed by atoms with van der Waals surface area (Å²) in [6, 6.07) is 13.3. The van der Waals surface area contributed by atoms with Crippen LogP contribution in [0.1, 0.15) is 0 Å². The highest BCUT2D eigenvalue weighted by molar-refractivity contribution is 5.65. The smallest absolute Gasteiger partial charge is 0.278 e. The quantitative estimate of drug-likeness (QED) is 0.580. The molecule has 6 nitrogen and oxygen atoms in total. The average Bonchev–Trinajstić information content (AvgIpc) is 3.21. The van der Waals surface area contributed by atoms with Gasteiger partial charge in [-0.3, -0.25) is 0 Å². The van der Waals surface area contributed by atoms with Crippen molar-refractivity contribution >= 4 is 5.65 Å². The Morgan fingerprint density at radius 3 is 2.77 bits per heavy atom. The minimum Gasteiger partial charge on any atom is -0.496 e. The van der Waals surface area contributed by atoms with E-state index in [0.717, 1.165) is 11.2 Å². The van der Waals surface area contributed by atoms with E-state index in [1.54, 1.807) is 7.11 Å². The van der Waals surface area contributed by atoms with E-state index in [1.807, 2.05) is 59.3 Å². The number of pyridine rings is 1. The van der Waals surface area contributed by atoms with Gasteiger partial charge >= 0.3 is 0 Å². The summed E-state index contributed by atoms with van der Waals surface area (Å²) < 4.78 is 12.6. The number of para-hydroxylation sites is 1. The Morgan fingerprint density at radius 2 is 1.91 bits per heavy atom. The van der Waals surface area contributed by atoms with Crippen LogP contribution in [-0.4, -0.2) is 26.6 Å². The Balaban J connectivity index is 1.77. The van der Waals surface area contributed by atoms with E-state index < -0.39 is 0 Å². The van der Waals surface area contributed by atoms with Crippen LogP contribution in [0, 0.1) is 0 Å². The van der Waals surface area contributed by atoms with Gasteiger partial charge in [0.2, 0.25) is 5.82 Å². The lowest BCUT2D eigenvalue weighted by Gasteiger charge is -2.02. The first kappa shape index (κ1) is 12.6. The maximum absolute atomic E-state index is 5.34. The van der Waals surface area contributed by atoms with Crippen molar-refractivity contribution in [2.45, 2.75) is 0 Å². The first-order valence-corrected chi connectivity index (χ1v) is 6.76. The Bertz CT molecular complexity index is 909. The molecule has 3 aromatic heterocycles. The van der Waals surface area contributed by atoms with E-state index in [2.05, 4.69) is 15.1 Å². The predicted molar refractivity (Wildman–Crippen MR) is 80.5 cm³/mol. The number of fused-ring (bicyclic) bond motifs is 1. The summed E-state index contributed by atoms with van der Waals surface area (Å²) in [6.07, 6.45) is 3.78. The molecular weight excluding hydrogens is 280 g/mol. The summed E-state index contributed by atoms with van der Waals surface area (Å²) in [7, 11) is 1.61. The van der Waals surface area contributed by atoms with Crippen molar-refractivity contribution in [2.75, 3.05) is 7.11 Å². The third-order valence-electron chi connectivity index (χ3n) is 3.36. The molecule has 1 aromatic carbocycles. The van der Waals surface area contributed by atoms with Gasteiger partial charge in [-0.05, 0) is 24.3 Å². The molecule has 3 heterocycles. The summed E-state index contributed by atoms with van der Waals surface area (Å²) >= 11 is 0. The molecule has 6 heteroatoms. The number of hydrogen-bond donors (Lipinski definition) is 0. The first-order valence-electron chi connectivity index (χ1n) is 6.76. The highest BCUT2D eigenvalue weighted by atomic mass is 16.5. The predicted octanol–water partition coefficient (Wildman–Crippen LogP) is 3.06. The number of ether oxygens (including phenoxy) is 1. The molecule has 108 valence electrons. The summed E-state index contributed by atoms with van der Waals surface area (Å²) in [6.45, 7) is 0. The van der Waals surface area contributed by atoms with Crippen LogP contribution in [0.2, 0.25) is 0 Å². The van der Waals surface area contributed by atoms with Gasteiger partial charge in [0.1, 0.15) is 17.1 Å². The molecule has 0 unspecified atom stereocenters. The number of methoxy groups -OCH3 is 1. The van der Waals surface area contributed by atoms with Crippen LogP contribution in [0.3, 0.4) is 0 Å². The van der Waals surface area contributed by atoms with Crippen molar-refractivity contribution < 1.29 is 9.26 Å². The molecule has 0 N–H and O–H groups in total. The lowest BCUT2D eigenvalue weighted by molar-refractivity contribution is 0.413. The molecule has 22 heavy (non-hydrogen) atoms. The minimum absolute atomic E-state index is 0.379. The standard InChI is InChI=1S/C16H12N4O2/c1-21-13-7-3-2-6-11(13)15-18-16(22-19-15)12-10-20-9-5-4-8-14(20)17-12/h2-10H,1H3. The molecule has 0 saturated carbocycles. The summed E-state index contributed by atoms with van der Waals surface area (Å²) in [5.74, 6) is 1.55. The fourth-order valence-corrected chi connectivity index (χ4v) is 2.30. The van der Waals surface area contributed by atoms with Gasteiger partial charge in [0.15, 0.2) is 0 Å². The van der Waals surface area contributed by atoms with Crippen LogP contribution < -0.4 is 4.74 Å². The molecule has 0 aliphatic heterocycles. The number of rotatable bonds is 3. The van der Waals surface area contributed by atoms with Crippen molar-refractivity contribution in [1.82, 2.24) is 19.5 Å². The molecule has 0 aliphatic carbocycles. The molecule has 0 saturated heterocycles. The lowest BCUT2D eigenvalue weighted by Crippen LogP contribution is -1.88. The zero-order valence-corrected chi connectivity index (χ0v) is 11.8. The Kier molecular flexibility index (Phi) is 2.86. The highest BCUT2D eigenvalue weighted by Gasteiger charge is 2.16. The van der Waals surface area contributed by atoms with E-state index in [1.165, 1.54) is 0 Å². The normalized spacial score (nSPS) is 11.0. The maximum Gasteiger partial charge on any atom is 0.278 e. The molecule has 0 spiro atoms. The van der Waals surface area contributed by atoms with Crippen molar-refractivity contribution in [1.29, 1.82) is 0 Å². The van der Waals surface area contributed by atoms with Gasteiger partial charge in [-0.25, -0.2) is 4.98 Å². The number of nitrogens with zero attached hydrogens (tertiary/aromatic N) is 4. The molecule has 0 aliphatic rings. The average molecular weight is 292 g/mol. The molecule has 4 rings (SSSR count). The topological polar surface area (TPSA) is 65.5 Å². The first-order chi connectivity index (χ1) is 10.8. The number of aromatic nitrogens is 4. The number of hydrogen-bond acceptors (Lipinski definition) is 5. The minimum atomic E-state index is 0.379. The van der Waals surface area contributed by atoms with Crippen LogP contribution in [-0.2, 0) is 0 Å². The third kappa shape index (κ3) is 2.01. The van der Waals surface area contributed by atoms with Gasteiger partial charge < -0.3 is 13.7 Å². The SMILES string of the molecule is COc1ccccc1-c1noc(-c2cn3ccccc3n2)n1. The molecule has 0 atom stereocenters. The van der Waals surface area contributed by atoms with Gasteiger partial charge in [0.25, 0.3) is 5.89 Å². The molecule has 0 fully saturated rings. The third-order valence-corrected chi connectivity index (χ3v) is 3.36. The molecule has 0 amide bonds. The van der Waals surface area contributed by atoms with Crippen molar-refractivity contribution in [3.8, 4) is 28.7 Å². The fraction of sp³-hybridized carbons (Fsp3) is 0.0625. The van der Waals surface area contributed by atoms with Crippen molar-refractivity contribution in [3.05, 3.63) is 54.9 Å². The number of benzene rings is 1. The number of imidazole rings is 1. The Labute approximate surface area is 126 Å². The highest BCUT2D eigenvalue weighted by Crippen LogP contribution is 2.28. The van der Waals surface area contributed by atoms with Gasteiger partial charge in [-0.15, -0.1) is 0 Å². The zero-order chi connectivity index (χ0) is 14.9. The lowest BCUT2D eigenvalue weighted by atomic mass is 10.2. The van der Waals surface area contributed by atoms with Crippen molar-refractivity contribution in [2.24, 2.45) is 0 Å². The van der Waals surface area contributed by atoms with E-state index in [4.69, 9.17) is 9.26 Å². The second-order valence-electron chi connectivity index (χ2n) is 4.72. The van der Waals surface area contributed by atoms with Crippen LogP contribution >= 0.6 is 0 Å². The maximum atomic E-state index is 5.34. The monoisotopic (exact) mass is 292 g/mol. The molecule has 4 aromatic rings. The Morgan fingerprint density at radius 1 is 1.05 bits per heavy atom. The second-order valence-corrected chi connectivity index (χ2v) is 4.72. The summed E-state index contributed by atoms with van der Waals surface area (Å²) in [4.78, 5) is 8.89. The van der Waals surface area contributed by atoms with Gasteiger partial charge in [-0.2, -0.15) is 4.98 Å². The van der Waals surface area contributed by atoms with Crippen molar-refractivity contribution in [3.63, 3.8) is 0 Å². The van der Waals surface area contributed by atoms with Gasteiger partial charge in [0, 0.05) is 12.4 Å². The van der Waals surface area contributed by atoms with E-state index in [0.29, 0.717) is 23.2 Å². The molecular formula is C16H12N4O2. The summed E-state index contributed by atoms with van der Waals surface area (Å²) in [5.41, 5.74) is 2.25.